The Kier molecular flexibility index (Phi) is 4.54. The van der Waals surface area contributed by atoms with E-state index in [0.29, 0.717) is 29.8 Å². The van der Waals surface area contributed by atoms with Crippen molar-refractivity contribution in [2.24, 2.45) is 0 Å². The number of aliphatic hydroxyl groups is 1. The van der Waals surface area contributed by atoms with Crippen LogP contribution in [0.15, 0.2) is 27.4 Å². The first-order chi connectivity index (χ1) is 9.65. The van der Waals surface area contributed by atoms with Crippen LogP contribution in [-0.2, 0) is 22.7 Å². The molecule has 0 atom stereocenters. The van der Waals surface area contributed by atoms with Gasteiger partial charge in [0.2, 0.25) is 5.91 Å². The van der Waals surface area contributed by atoms with E-state index in [0.717, 1.165) is 0 Å². The predicted octanol–water partition coefficient (Wildman–Crippen LogP) is -0.151. The van der Waals surface area contributed by atoms with Crippen LogP contribution in [0.1, 0.15) is 5.56 Å². The Labute approximate surface area is 114 Å². The highest BCUT2D eigenvalue weighted by Gasteiger charge is 2.12. The lowest BCUT2D eigenvalue weighted by molar-refractivity contribution is -0.121. The van der Waals surface area contributed by atoms with E-state index in [1.165, 1.54) is 11.7 Å². The lowest BCUT2D eigenvalue weighted by Crippen LogP contribution is -2.32. The molecule has 1 amide bonds. The smallest absolute Gasteiger partial charge is 0.408 e. The summed E-state index contributed by atoms with van der Waals surface area (Å²) in [6, 6.07) is 4.89. The van der Waals surface area contributed by atoms with Gasteiger partial charge < -0.3 is 19.6 Å². The molecule has 0 bridgehead atoms. The van der Waals surface area contributed by atoms with Crippen molar-refractivity contribution in [1.29, 1.82) is 0 Å². The molecule has 0 aliphatic rings. The molecular weight excluding hydrogens is 264 g/mol. The number of aliphatic hydroxyl groups excluding tert-OH is 1. The Hall–Kier alpha value is -2.12. The second-order valence-electron chi connectivity index (χ2n) is 4.26. The van der Waals surface area contributed by atoms with Gasteiger partial charge in [-0.15, -0.1) is 0 Å². The third-order valence-corrected chi connectivity index (χ3v) is 2.84. The Morgan fingerprint density at radius 3 is 3.00 bits per heavy atom. The SMILES string of the molecule is COCCNC(=O)Cn1c(=O)oc2ccc(CO)cc21. The van der Waals surface area contributed by atoms with Gasteiger partial charge in [-0.3, -0.25) is 9.36 Å². The fourth-order valence-corrected chi connectivity index (χ4v) is 1.85. The van der Waals surface area contributed by atoms with Gasteiger partial charge in [-0.1, -0.05) is 6.07 Å². The highest BCUT2D eigenvalue weighted by atomic mass is 16.5. The first-order valence-corrected chi connectivity index (χ1v) is 6.14. The molecule has 0 aliphatic carbocycles. The first kappa shape index (κ1) is 14.3. The van der Waals surface area contributed by atoms with Gasteiger partial charge in [0, 0.05) is 13.7 Å². The van der Waals surface area contributed by atoms with E-state index in [-0.39, 0.29) is 19.1 Å². The Bertz CT molecular complexity index is 658. The lowest BCUT2D eigenvalue weighted by atomic mass is 10.2. The average molecular weight is 280 g/mol. The van der Waals surface area contributed by atoms with Gasteiger partial charge in [-0.05, 0) is 17.7 Å². The molecule has 0 spiro atoms. The zero-order valence-corrected chi connectivity index (χ0v) is 11.1. The number of methoxy groups -OCH3 is 1. The van der Waals surface area contributed by atoms with Crippen LogP contribution in [0, 0.1) is 0 Å². The second kappa shape index (κ2) is 6.36. The fourth-order valence-electron chi connectivity index (χ4n) is 1.85. The molecule has 0 saturated carbocycles. The van der Waals surface area contributed by atoms with E-state index in [4.69, 9.17) is 14.3 Å². The van der Waals surface area contributed by atoms with Crippen molar-refractivity contribution < 1.29 is 19.1 Å². The number of carbonyl (C=O) groups is 1. The van der Waals surface area contributed by atoms with Gasteiger partial charge in [-0.2, -0.15) is 0 Å². The summed E-state index contributed by atoms with van der Waals surface area (Å²) in [6.45, 7) is 0.503. The summed E-state index contributed by atoms with van der Waals surface area (Å²) in [6.07, 6.45) is 0. The summed E-state index contributed by atoms with van der Waals surface area (Å²) in [5.41, 5.74) is 1.52. The van der Waals surface area contributed by atoms with Crippen molar-refractivity contribution >= 4 is 17.0 Å². The molecule has 20 heavy (non-hydrogen) atoms. The van der Waals surface area contributed by atoms with Gasteiger partial charge in [0.25, 0.3) is 0 Å². The summed E-state index contributed by atoms with van der Waals surface area (Å²) in [4.78, 5) is 23.5. The van der Waals surface area contributed by atoms with E-state index >= 15 is 0 Å². The van der Waals surface area contributed by atoms with E-state index < -0.39 is 5.76 Å². The quantitative estimate of drug-likeness (QED) is 0.718. The number of ether oxygens (including phenoxy) is 1. The zero-order valence-electron chi connectivity index (χ0n) is 11.1. The molecule has 108 valence electrons. The largest absolute Gasteiger partial charge is 0.420 e. The molecule has 0 unspecified atom stereocenters. The number of hydrogen-bond acceptors (Lipinski definition) is 5. The number of hydrogen-bond donors (Lipinski definition) is 2. The minimum absolute atomic E-state index is 0.134. The second-order valence-corrected chi connectivity index (χ2v) is 4.26. The van der Waals surface area contributed by atoms with Gasteiger partial charge in [0.15, 0.2) is 5.58 Å². The molecular formula is C13H16N2O5. The van der Waals surface area contributed by atoms with Gasteiger partial charge in [0.1, 0.15) is 6.54 Å². The maximum atomic E-state index is 11.7. The van der Waals surface area contributed by atoms with Crippen molar-refractivity contribution in [3.05, 3.63) is 34.3 Å². The van der Waals surface area contributed by atoms with Crippen LogP contribution in [0.3, 0.4) is 0 Å². The van der Waals surface area contributed by atoms with Crippen LogP contribution in [0.25, 0.3) is 11.1 Å². The van der Waals surface area contributed by atoms with Crippen LogP contribution in [0.5, 0.6) is 0 Å². The fraction of sp³-hybridized carbons (Fsp3) is 0.385. The van der Waals surface area contributed by atoms with E-state index in [1.54, 1.807) is 18.2 Å². The van der Waals surface area contributed by atoms with Crippen LogP contribution in [-0.4, -0.2) is 35.8 Å². The monoisotopic (exact) mass is 280 g/mol. The Morgan fingerprint density at radius 2 is 2.30 bits per heavy atom. The molecule has 0 fully saturated rings. The zero-order chi connectivity index (χ0) is 14.5. The summed E-state index contributed by atoms with van der Waals surface area (Å²) < 4.78 is 11.1. The van der Waals surface area contributed by atoms with Crippen LogP contribution >= 0.6 is 0 Å². The lowest BCUT2D eigenvalue weighted by Gasteiger charge is -2.05. The Morgan fingerprint density at radius 1 is 1.50 bits per heavy atom. The van der Waals surface area contributed by atoms with Crippen LogP contribution < -0.4 is 11.1 Å². The van der Waals surface area contributed by atoms with Crippen molar-refractivity contribution in [3.8, 4) is 0 Å². The van der Waals surface area contributed by atoms with Crippen molar-refractivity contribution in [1.82, 2.24) is 9.88 Å². The minimum Gasteiger partial charge on any atom is -0.408 e. The summed E-state index contributed by atoms with van der Waals surface area (Å²) in [5.74, 6) is -0.904. The maximum absolute atomic E-state index is 11.7. The molecule has 1 heterocycles. The molecule has 0 saturated heterocycles. The minimum atomic E-state index is -0.600. The molecule has 0 radical (unpaired) electrons. The number of nitrogens with zero attached hydrogens (tertiary/aromatic N) is 1. The predicted molar refractivity (Wildman–Crippen MR) is 71.3 cm³/mol. The molecule has 2 N–H and O–H groups in total. The van der Waals surface area contributed by atoms with Gasteiger partial charge in [-0.25, -0.2) is 4.79 Å². The van der Waals surface area contributed by atoms with Crippen molar-refractivity contribution in [3.63, 3.8) is 0 Å². The highest BCUT2D eigenvalue weighted by Crippen LogP contribution is 2.15. The average Bonchev–Trinajstić information content (AvgIpc) is 2.75. The third-order valence-electron chi connectivity index (χ3n) is 2.84. The van der Waals surface area contributed by atoms with Crippen molar-refractivity contribution in [2.45, 2.75) is 13.2 Å². The number of amides is 1. The van der Waals surface area contributed by atoms with Gasteiger partial charge in [0.05, 0.1) is 18.7 Å². The molecule has 0 aliphatic heterocycles. The van der Waals surface area contributed by atoms with E-state index in [9.17, 15) is 9.59 Å². The topological polar surface area (TPSA) is 93.7 Å². The van der Waals surface area contributed by atoms with E-state index in [1.807, 2.05) is 0 Å². The van der Waals surface area contributed by atoms with Crippen LogP contribution in [0.2, 0.25) is 0 Å². The van der Waals surface area contributed by atoms with Crippen LogP contribution in [0.4, 0.5) is 0 Å². The first-order valence-electron chi connectivity index (χ1n) is 6.14. The number of oxazole rings is 1. The maximum Gasteiger partial charge on any atom is 0.420 e. The number of benzene rings is 1. The normalized spacial score (nSPS) is 10.9. The number of fused-ring (bicyclic) bond motifs is 1. The van der Waals surface area contributed by atoms with Crippen molar-refractivity contribution in [2.75, 3.05) is 20.3 Å². The molecule has 7 nitrogen and oxygen atoms in total. The van der Waals surface area contributed by atoms with Gasteiger partial charge >= 0.3 is 5.76 Å². The van der Waals surface area contributed by atoms with E-state index in [2.05, 4.69) is 5.32 Å². The summed E-state index contributed by atoms with van der Waals surface area (Å²) in [7, 11) is 1.54. The number of carbonyl (C=O) groups excluding carboxylic acids is 1. The summed E-state index contributed by atoms with van der Waals surface area (Å²) in [5, 5.41) is 11.7. The Balaban J connectivity index is 2.22. The third kappa shape index (κ3) is 3.06. The highest BCUT2D eigenvalue weighted by molar-refractivity contribution is 5.79. The molecule has 1 aromatic heterocycles. The molecule has 7 heteroatoms. The number of aromatic nitrogens is 1. The standard InChI is InChI=1S/C13H16N2O5/c1-19-5-4-14-12(17)7-15-10-6-9(8-16)2-3-11(10)20-13(15)18/h2-3,6,16H,4-5,7-8H2,1H3,(H,14,17). The number of rotatable bonds is 6. The number of nitrogens with one attached hydrogen (secondary N) is 1. The summed E-state index contributed by atoms with van der Waals surface area (Å²) >= 11 is 0. The molecule has 1 aromatic carbocycles. The molecule has 2 rings (SSSR count). The molecule has 2 aromatic rings.